The minimum Gasteiger partial charge on any atom is -0.340 e. The van der Waals surface area contributed by atoms with E-state index in [4.69, 9.17) is 0 Å². The summed E-state index contributed by atoms with van der Waals surface area (Å²) in [7, 11) is 2.10. The summed E-state index contributed by atoms with van der Waals surface area (Å²) < 4.78 is 2.05. The predicted molar refractivity (Wildman–Crippen MR) is 101 cm³/mol. The van der Waals surface area contributed by atoms with E-state index in [1.165, 1.54) is 0 Å². The second kappa shape index (κ2) is 6.88. The number of hydrogen-bond acceptors (Lipinski definition) is 4. The van der Waals surface area contributed by atoms with Crippen LogP contribution in [0.2, 0.25) is 0 Å². The molecule has 0 bridgehead atoms. The lowest BCUT2D eigenvalue weighted by atomic mass is 10.1. The van der Waals surface area contributed by atoms with Gasteiger partial charge in [-0.15, -0.1) is 0 Å². The van der Waals surface area contributed by atoms with Crippen molar-refractivity contribution in [2.75, 3.05) is 33.2 Å². The van der Waals surface area contributed by atoms with Crippen molar-refractivity contribution in [2.24, 2.45) is 0 Å². The van der Waals surface area contributed by atoms with Gasteiger partial charge in [-0.3, -0.25) is 4.79 Å². The molecule has 3 heterocycles. The number of fused-ring (bicyclic) bond motifs is 1. The lowest BCUT2D eigenvalue weighted by Crippen LogP contribution is -2.47. The molecule has 0 saturated carbocycles. The fourth-order valence-corrected chi connectivity index (χ4v) is 3.33. The van der Waals surface area contributed by atoms with E-state index in [2.05, 4.69) is 26.5 Å². The summed E-state index contributed by atoms with van der Waals surface area (Å²) in [4.78, 5) is 25.5. The van der Waals surface area contributed by atoms with Crippen molar-refractivity contribution in [1.29, 1.82) is 0 Å². The Morgan fingerprint density at radius 1 is 1.08 bits per heavy atom. The maximum atomic E-state index is 12.5. The van der Waals surface area contributed by atoms with Gasteiger partial charge in [0.1, 0.15) is 11.5 Å². The van der Waals surface area contributed by atoms with Crippen molar-refractivity contribution < 1.29 is 4.79 Å². The number of rotatable bonds is 3. The Hall–Kier alpha value is -2.73. The lowest BCUT2D eigenvalue weighted by molar-refractivity contribution is -0.132. The van der Waals surface area contributed by atoms with Gasteiger partial charge in [-0.1, -0.05) is 12.1 Å². The van der Waals surface area contributed by atoms with Crippen molar-refractivity contribution in [2.45, 2.75) is 13.3 Å². The van der Waals surface area contributed by atoms with Crippen LogP contribution in [0.15, 0.2) is 42.7 Å². The summed E-state index contributed by atoms with van der Waals surface area (Å²) in [5.74, 6) is 0.965. The van der Waals surface area contributed by atoms with Gasteiger partial charge in [0.2, 0.25) is 5.91 Å². The molecule has 1 amide bonds. The van der Waals surface area contributed by atoms with Crippen molar-refractivity contribution >= 4 is 16.9 Å². The van der Waals surface area contributed by atoms with Gasteiger partial charge in [0.25, 0.3) is 0 Å². The second-order valence-electron chi connectivity index (χ2n) is 6.91. The van der Waals surface area contributed by atoms with Crippen LogP contribution < -0.4 is 0 Å². The van der Waals surface area contributed by atoms with E-state index in [0.29, 0.717) is 6.42 Å². The van der Waals surface area contributed by atoms with Crippen molar-refractivity contribution in [3.8, 4) is 5.69 Å². The normalized spacial score (nSPS) is 15.5. The van der Waals surface area contributed by atoms with Crippen LogP contribution in [0.3, 0.4) is 0 Å². The highest BCUT2D eigenvalue weighted by Gasteiger charge is 2.19. The fourth-order valence-electron chi connectivity index (χ4n) is 3.33. The molecule has 1 aliphatic rings. The SMILES string of the molecule is Cc1ncc2ccn(-c3ccc(CC(=O)N4CCN(C)CC4)cc3)c2n1. The molecule has 4 rings (SSSR count). The van der Waals surface area contributed by atoms with Gasteiger partial charge >= 0.3 is 0 Å². The third kappa shape index (κ3) is 3.32. The zero-order valence-electron chi connectivity index (χ0n) is 15.2. The van der Waals surface area contributed by atoms with Gasteiger partial charge in [0, 0.05) is 49.6 Å². The van der Waals surface area contributed by atoms with E-state index in [-0.39, 0.29) is 5.91 Å². The maximum absolute atomic E-state index is 12.5. The van der Waals surface area contributed by atoms with Crippen LogP contribution in [0, 0.1) is 6.92 Å². The van der Waals surface area contributed by atoms with Crippen molar-refractivity contribution in [3.63, 3.8) is 0 Å². The quantitative estimate of drug-likeness (QED) is 0.726. The zero-order valence-corrected chi connectivity index (χ0v) is 15.2. The molecule has 6 nitrogen and oxygen atoms in total. The first-order valence-corrected chi connectivity index (χ1v) is 8.96. The van der Waals surface area contributed by atoms with Crippen LogP contribution in [0.5, 0.6) is 0 Å². The number of piperazine rings is 1. The average molecular weight is 349 g/mol. The molecule has 6 heteroatoms. The maximum Gasteiger partial charge on any atom is 0.227 e. The van der Waals surface area contributed by atoms with E-state index in [0.717, 1.165) is 54.3 Å². The number of nitrogens with zero attached hydrogens (tertiary/aromatic N) is 5. The average Bonchev–Trinajstić information content (AvgIpc) is 3.06. The molecule has 0 atom stereocenters. The number of hydrogen-bond donors (Lipinski definition) is 0. The molecular formula is C20H23N5O. The molecule has 0 unspecified atom stereocenters. The molecule has 2 aromatic heterocycles. The molecule has 1 saturated heterocycles. The van der Waals surface area contributed by atoms with Gasteiger partial charge in [-0.05, 0) is 37.7 Å². The summed E-state index contributed by atoms with van der Waals surface area (Å²) >= 11 is 0. The van der Waals surface area contributed by atoms with Crippen molar-refractivity contribution in [3.05, 3.63) is 54.1 Å². The Kier molecular flexibility index (Phi) is 4.42. The van der Waals surface area contributed by atoms with Gasteiger partial charge < -0.3 is 14.4 Å². The number of amides is 1. The Morgan fingerprint density at radius 2 is 1.81 bits per heavy atom. The topological polar surface area (TPSA) is 54.3 Å². The summed E-state index contributed by atoms with van der Waals surface area (Å²) in [6, 6.07) is 10.2. The van der Waals surface area contributed by atoms with Crippen molar-refractivity contribution in [1.82, 2.24) is 24.3 Å². The molecule has 0 aliphatic carbocycles. The highest BCUT2D eigenvalue weighted by Crippen LogP contribution is 2.19. The minimum absolute atomic E-state index is 0.209. The smallest absolute Gasteiger partial charge is 0.227 e. The number of aromatic nitrogens is 3. The number of carbonyl (C=O) groups excluding carboxylic acids is 1. The first-order valence-electron chi connectivity index (χ1n) is 8.96. The fraction of sp³-hybridized carbons (Fsp3) is 0.350. The van der Waals surface area contributed by atoms with Crippen LogP contribution >= 0.6 is 0 Å². The van der Waals surface area contributed by atoms with Gasteiger partial charge in [-0.2, -0.15) is 0 Å². The van der Waals surface area contributed by atoms with E-state index in [9.17, 15) is 4.79 Å². The van der Waals surface area contributed by atoms with E-state index >= 15 is 0 Å². The lowest BCUT2D eigenvalue weighted by Gasteiger charge is -2.32. The molecule has 1 fully saturated rings. The molecule has 3 aromatic rings. The van der Waals surface area contributed by atoms with E-state index in [1.807, 2.05) is 54.5 Å². The number of benzene rings is 1. The van der Waals surface area contributed by atoms with Gasteiger partial charge in [-0.25, -0.2) is 9.97 Å². The summed E-state index contributed by atoms with van der Waals surface area (Å²) in [5, 5.41) is 1.02. The molecular weight excluding hydrogens is 326 g/mol. The Morgan fingerprint density at radius 3 is 2.54 bits per heavy atom. The van der Waals surface area contributed by atoms with Gasteiger partial charge in [0.15, 0.2) is 0 Å². The van der Waals surface area contributed by atoms with Crippen LogP contribution in [-0.2, 0) is 11.2 Å². The highest BCUT2D eigenvalue weighted by molar-refractivity contribution is 5.79. The van der Waals surface area contributed by atoms with E-state index in [1.54, 1.807) is 0 Å². The Bertz CT molecular complexity index is 923. The number of carbonyl (C=O) groups is 1. The standard InChI is InChI=1S/C20H23N5O/c1-15-21-14-17-7-8-25(20(17)22-15)18-5-3-16(4-6-18)13-19(26)24-11-9-23(2)10-12-24/h3-8,14H,9-13H2,1-2H3. The molecule has 1 aliphatic heterocycles. The van der Waals surface area contributed by atoms with Crippen LogP contribution in [-0.4, -0.2) is 63.5 Å². The van der Waals surface area contributed by atoms with Crippen LogP contribution in [0.1, 0.15) is 11.4 Å². The summed E-state index contributed by atoms with van der Waals surface area (Å²) in [6.07, 6.45) is 4.30. The monoisotopic (exact) mass is 349 g/mol. The van der Waals surface area contributed by atoms with Crippen LogP contribution in [0.4, 0.5) is 0 Å². The summed E-state index contributed by atoms with van der Waals surface area (Å²) in [5.41, 5.74) is 2.98. The molecule has 0 radical (unpaired) electrons. The summed E-state index contributed by atoms with van der Waals surface area (Å²) in [6.45, 7) is 5.44. The first-order chi connectivity index (χ1) is 12.6. The largest absolute Gasteiger partial charge is 0.340 e. The second-order valence-corrected chi connectivity index (χ2v) is 6.91. The van der Waals surface area contributed by atoms with Gasteiger partial charge in [0.05, 0.1) is 6.42 Å². The highest BCUT2D eigenvalue weighted by atomic mass is 16.2. The molecule has 0 spiro atoms. The minimum atomic E-state index is 0.209. The Labute approximate surface area is 153 Å². The zero-order chi connectivity index (χ0) is 18.1. The van der Waals surface area contributed by atoms with Crippen LogP contribution in [0.25, 0.3) is 16.7 Å². The number of aryl methyl sites for hydroxylation is 1. The molecule has 0 N–H and O–H groups in total. The van der Waals surface area contributed by atoms with E-state index < -0.39 is 0 Å². The predicted octanol–water partition coefficient (Wildman–Crippen LogP) is 2.05. The first kappa shape index (κ1) is 16.7. The third-order valence-electron chi connectivity index (χ3n) is 4.97. The molecule has 1 aromatic carbocycles. The molecule has 26 heavy (non-hydrogen) atoms. The Balaban J connectivity index is 1.49. The molecule has 134 valence electrons. The third-order valence-corrected chi connectivity index (χ3v) is 4.97. The number of likely N-dealkylation sites (N-methyl/N-ethyl adjacent to an activating group) is 1.